The van der Waals surface area contributed by atoms with E-state index >= 15 is 0 Å². The Balaban J connectivity index is 1.84. The predicted octanol–water partition coefficient (Wildman–Crippen LogP) is 2.75. The summed E-state index contributed by atoms with van der Waals surface area (Å²) in [5, 5.41) is 2.15. The van der Waals surface area contributed by atoms with Gasteiger partial charge in [-0.15, -0.1) is 0 Å². The van der Waals surface area contributed by atoms with Gasteiger partial charge < -0.3 is 14.0 Å². The molecule has 1 aromatic carbocycles. The minimum absolute atomic E-state index is 0.0938. The minimum Gasteiger partial charge on any atom is -0.493 e. The van der Waals surface area contributed by atoms with Crippen LogP contribution in [-0.4, -0.2) is 40.1 Å². The van der Waals surface area contributed by atoms with Crippen molar-refractivity contribution in [1.82, 2.24) is 5.32 Å². The van der Waals surface area contributed by atoms with Crippen molar-refractivity contribution in [1.29, 1.82) is 0 Å². The first-order valence-electron chi connectivity index (χ1n) is 10.9. The number of amides is 2. The maximum atomic E-state index is 13.2. The van der Waals surface area contributed by atoms with Crippen LogP contribution in [0.3, 0.4) is 0 Å². The summed E-state index contributed by atoms with van der Waals surface area (Å²) in [5.74, 6) is -2.03. The van der Waals surface area contributed by atoms with Gasteiger partial charge in [0.15, 0.2) is 11.4 Å². The molecule has 2 aliphatic heterocycles. The van der Waals surface area contributed by atoms with E-state index in [2.05, 4.69) is 5.32 Å². The molecule has 5 rings (SSSR count). The zero-order valence-corrected chi connectivity index (χ0v) is 20.6. The highest BCUT2D eigenvalue weighted by Crippen LogP contribution is 2.62. The number of phosphoric ester groups is 1. The van der Waals surface area contributed by atoms with Gasteiger partial charge in [0.05, 0.1) is 23.7 Å². The highest BCUT2D eigenvalue weighted by Gasteiger charge is 2.64. The average molecular weight is 501 g/mol. The van der Waals surface area contributed by atoms with Crippen LogP contribution in [0.25, 0.3) is 0 Å². The number of allylic oxidation sites excluding steroid dienone is 3. The Morgan fingerprint density at radius 1 is 1.09 bits per heavy atom. The summed E-state index contributed by atoms with van der Waals surface area (Å²) in [6.45, 7) is 7.43. The highest BCUT2D eigenvalue weighted by atomic mass is 31.2. The van der Waals surface area contributed by atoms with Gasteiger partial charge in [-0.05, 0) is 44.4 Å². The summed E-state index contributed by atoms with van der Waals surface area (Å²) < 4.78 is 28.6. The Morgan fingerprint density at radius 3 is 2.37 bits per heavy atom. The lowest BCUT2D eigenvalue weighted by atomic mass is 9.52. The van der Waals surface area contributed by atoms with E-state index in [1.165, 1.54) is 13.2 Å². The highest BCUT2D eigenvalue weighted by molar-refractivity contribution is 7.46. The lowest BCUT2D eigenvalue weighted by Crippen LogP contribution is -2.62. The number of Topliss-reactive ketones (excluding diaryl/α,β-unsaturated/α-hetero) is 1. The van der Waals surface area contributed by atoms with Crippen molar-refractivity contribution in [3.63, 3.8) is 0 Å². The monoisotopic (exact) mass is 501 g/mol. The molecule has 35 heavy (non-hydrogen) atoms. The van der Waals surface area contributed by atoms with Gasteiger partial charge in [-0.2, -0.15) is 0 Å². The average Bonchev–Trinajstić information content (AvgIpc) is 3.04. The Kier molecular flexibility index (Phi) is 4.66. The lowest BCUT2D eigenvalue weighted by molar-refractivity contribution is -0.128. The summed E-state index contributed by atoms with van der Waals surface area (Å²) in [5.41, 5.74) is -1.47. The van der Waals surface area contributed by atoms with E-state index in [0.29, 0.717) is 11.1 Å². The summed E-state index contributed by atoms with van der Waals surface area (Å²) in [4.78, 5) is 57.4. The minimum atomic E-state index is -5.04. The lowest BCUT2D eigenvalue weighted by Gasteiger charge is -2.58. The van der Waals surface area contributed by atoms with Gasteiger partial charge in [0.2, 0.25) is 5.78 Å². The predicted molar refractivity (Wildman–Crippen MR) is 122 cm³/mol. The van der Waals surface area contributed by atoms with Crippen LogP contribution in [-0.2, 0) is 20.5 Å². The second kappa shape index (κ2) is 6.94. The summed E-state index contributed by atoms with van der Waals surface area (Å²) in [6.07, 6.45) is 5.65. The molecule has 2 aliphatic carbocycles. The molecule has 2 unspecified atom stereocenters. The van der Waals surface area contributed by atoms with Crippen LogP contribution >= 0.6 is 7.82 Å². The smallest absolute Gasteiger partial charge is 0.493 e. The Labute approximate surface area is 200 Å². The molecule has 0 fully saturated rings. The molecular weight excluding hydrogens is 477 g/mol. The van der Waals surface area contributed by atoms with Crippen LogP contribution in [0.2, 0.25) is 0 Å². The zero-order chi connectivity index (χ0) is 25.7. The number of ketones is 1. The number of ether oxygens (including phenoxy) is 2. The fourth-order valence-electron chi connectivity index (χ4n) is 5.67. The molecule has 0 aromatic heterocycles. The summed E-state index contributed by atoms with van der Waals surface area (Å²) in [6, 6.07) is 1.33. The van der Waals surface area contributed by atoms with Crippen molar-refractivity contribution in [2.75, 3.05) is 7.11 Å². The third-order valence-corrected chi connectivity index (χ3v) is 8.07. The number of carbonyl (C=O) groups excluding carboxylic acids is 3. The molecule has 2 amide bonds. The van der Waals surface area contributed by atoms with Crippen LogP contribution < -0.4 is 14.6 Å². The first-order chi connectivity index (χ1) is 16.2. The van der Waals surface area contributed by atoms with Gasteiger partial charge in [-0.3, -0.25) is 29.5 Å². The number of benzene rings is 1. The number of rotatable bonds is 3. The molecule has 2 atom stereocenters. The van der Waals surface area contributed by atoms with Crippen LogP contribution in [0, 0.1) is 10.8 Å². The maximum Gasteiger partial charge on any atom is 0.524 e. The maximum absolute atomic E-state index is 13.2. The molecule has 11 heteroatoms. The second-order valence-electron chi connectivity index (χ2n) is 9.92. The third kappa shape index (κ3) is 2.97. The molecular formula is C24H24NO9P. The molecule has 4 aliphatic rings. The molecule has 0 bridgehead atoms. The van der Waals surface area contributed by atoms with Crippen molar-refractivity contribution < 1.29 is 42.7 Å². The van der Waals surface area contributed by atoms with Crippen molar-refractivity contribution in [3.8, 4) is 11.5 Å². The number of imide groups is 1. The molecule has 10 nitrogen and oxygen atoms in total. The summed E-state index contributed by atoms with van der Waals surface area (Å²) >= 11 is 0. The number of carbonyl (C=O) groups is 3. The Bertz CT molecular complexity index is 1400. The van der Waals surface area contributed by atoms with E-state index in [1.807, 2.05) is 26.0 Å². The molecule has 1 aromatic rings. The van der Waals surface area contributed by atoms with E-state index in [-0.39, 0.29) is 34.8 Å². The van der Waals surface area contributed by atoms with Gasteiger partial charge in [-0.25, -0.2) is 4.57 Å². The van der Waals surface area contributed by atoms with Gasteiger partial charge in [0.25, 0.3) is 11.8 Å². The van der Waals surface area contributed by atoms with E-state index in [4.69, 9.17) is 14.0 Å². The van der Waals surface area contributed by atoms with Crippen LogP contribution in [0.15, 0.2) is 41.2 Å². The Hall–Kier alpha value is -3.20. The molecule has 0 saturated carbocycles. The molecule has 184 valence electrons. The quantitative estimate of drug-likeness (QED) is 0.420. The number of fused-ring (bicyclic) bond motifs is 3. The summed E-state index contributed by atoms with van der Waals surface area (Å²) in [7, 11) is -3.63. The largest absolute Gasteiger partial charge is 0.524 e. The van der Waals surface area contributed by atoms with Crippen molar-refractivity contribution >= 4 is 25.4 Å². The number of hydrogen-bond acceptors (Lipinski definition) is 7. The number of phosphoric acid groups is 1. The topological polar surface area (TPSA) is 148 Å². The van der Waals surface area contributed by atoms with E-state index in [1.54, 1.807) is 19.9 Å². The first kappa shape index (κ1) is 23.5. The van der Waals surface area contributed by atoms with Crippen LogP contribution in [0.5, 0.6) is 11.5 Å². The molecule has 1 spiro atoms. The molecule has 0 radical (unpaired) electrons. The van der Waals surface area contributed by atoms with Crippen LogP contribution in [0.4, 0.5) is 0 Å². The molecule has 3 N–H and O–H groups in total. The van der Waals surface area contributed by atoms with Gasteiger partial charge in [-0.1, -0.05) is 24.6 Å². The standard InChI is InChI=1S/C24H24NO9P/c1-11-6-7-15-22(2,3)19(26)14(32-5)10-24(15)23(11,4)9-12-8-13(34-35(29,30)31)16-17(18(12)33-24)21(28)25-20(16)27/h6-8,10H,9H2,1-5H3,(H,25,27,28)(H2,29,30,31). The van der Waals surface area contributed by atoms with Gasteiger partial charge in [0, 0.05) is 11.5 Å². The normalized spacial score (nSPS) is 28.3. The first-order valence-corrected chi connectivity index (χ1v) is 12.4. The van der Waals surface area contributed by atoms with E-state index < -0.39 is 41.8 Å². The third-order valence-electron chi connectivity index (χ3n) is 7.64. The number of nitrogens with one attached hydrogen (secondary N) is 1. The van der Waals surface area contributed by atoms with E-state index in [0.717, 1.165) is 5.57 Å². The number of hydrogen-bond donors (Lipinski definition) is 3. The zero-order valence-electron chi connectivity index (χ0n) is 19.7. The number of methoxy groups -OCH3 is 1. The van der Waals surface area contributed by atoms with Crippen molar-refractivity contribution in [3.05, 3.63) is 57.9 Å². The SMILES string of the molecule is COC1=CC23Oc4c(cc(OP(=O)(O)O)c5c4C(=O)NC5=O)CC2(C)C(C)=CC=C3C(C)(C)C1=O. The van der Waals surface area contributed by atoms with Gasteiger partial charge >= 0.3 is 7.82 Å². The fourth-order valence-corrected chi connectivity index (χ4v) is 6.07. The Morgan fingerprint density at radius 2 is 1.74 bits per heavy atom. The van der Waals surface area contributed by atoms with Crippen molar-refractivity contribution in [2.45, 2.75) is 39.7 Å². The molecule has 0 saturated heterocycles. The molecule has 2 heterocycles. The van der Waals surface area contributed by atoms with Crippen LogP contribution in [0.1, 0.15) is 54.0 Å². The van der Waals surface area contributed by atoms with Crippen molar-refractivity contribution in [2.24, 2.45) is 10.8 Å². The second-order valence-corrected chi connectivity index (χ2v) is 11.1. The van der Waals surface area contributed by atoms with E-state index in [9.17, 15) is 28.7 Å². The van der Waals surface area contributed by atoms with Gasteiger partial charge in [0.1, 0.15) is 11.5 Å². The fraction of sp³-hybridized carbons (Fsp3) is 0.375.